The standard InChI is InChI=1S/C16H22N6O2/c1-11-5-7-17-15(18-11)19(2)12-6-8-22(10-12)13-9-14(23)21(4)16(24)20(13)3/h5,7,9,12H,6,8,10H2,1-4H3. The Labute approximate surface area is 140 Å². The van der Waals surface area contributed by atoms with Gasteiger partial charge in [0.05, 0.1) is 6.04 Å². The molecule has 0 bridgehead atoms. The Hall–Kier alpha value is -2.64. The zero-order valence-corrected chi connectivity index (χ0v) is 14.4. The summed E-state index contributed by atoms with van der Waals surface area (Å²) in [7, 11) is 5.16. The molecule has 1 aliphatic heterocycles. The van der Waals surface area contributed by atoms with Gasteiger partial charge in [-0.25, -0.2) is 14.8 Å². The Morgan fingerprint density at radius 3 is 2.71 bits per heavy atom. The molecule has 8 nitrogen and oxygen atoms in total. The molecular weight excluding hydrogens is 308 g/mol. The molecule has 1 unspecified atom stereocenters. The zero-order chi connectivity index (χ0) is 17.4. The van der Waals surface area contributed by atoms with Crippen molar-refractivity contribution in [3.05, 3.63) is 44.9 Å². The topological polar surface area (TPSA) is 76.3 Å². The predicted octanol–water partition coefficient (Wildman–Crippen LogP) is -0.102. The summed E-state index contributed by atoms with van der Waals surface area (Å²) in [4.78, 5) is 37.0. The average molecular weight is 330 g/mol. The van der Waals surface area contributed by atoms with Crippen molar-refractivity contribution in [2.45, 2.75) is 19.4 Å². The summed E-state index contributed by atoms with van der Waals surface area (Å²) in [6, 6.07) is 3.62. The number of anilines is 2. The Morgan fingerprint density at radius 1 is 1.25 bits per heavy atom. The maximum Gasteiger partial charge on any atom is 0.332 e. The average Bonchev–Trinajstić information content (AvgIpc) is 3.05. The minimum atomic E-state index is -0.309. The second-order valence-electron chi connectivity index (χ2n) is 6.24. The first-order valence-corrected chi connectivity index (χ1v) is 7.93. The first kappa shape index (κ1) is 16.2. The SMILES string of the molecule is Cc1ccnc(N(C)C2CCN(c3cc(=O)n(C)c(=O)n3C)C2)n1. The van der Waals surface area contributed by atoms with Crippen LogP contribution < -0.4 is 21.0 Å². The quantitative estimate of drug-likeness (QED) is 0.782. The zero-order valence-electron chi connectivity index (χ0n) is 14.4. The molecular formula is C16H22N6O2. The summed E-state index contributed by atoms with van der Waals surface area (Å²) in [5.74, 6) is 1.35. The molecule has 128 valence electrons. The lowest BCUT2D eigenvalue weighted by molar-refractivity contribution is 0.658. The van der Waals surface area contributed by atoms with Gasteiger partial charge in [-0.05, 0) is 19.4 Å². The van der Waals surface area contributed by atoms with Crippen molar-refractivity contribution in [3.63, 3.8) is 0 Å². The van der Waals surface area contributed by atoms with Crippen LogP contribution in [0.1, 0.15) is 12.1 Å². The maximum absolute atomic E-state index is 12.1. The van der Waals surface area contributed by atoms with Crippen LogP contribution in [0.5, 0.6) is 0 Å². The molecule has 2 aromatic heterocycles. The van der Waals surface area contributed by atoms with Gasteiger partial charge >= 0.3 is 5.69 Å². The summed E-state index contributed by atoms with van der Waals surface area (Å²) >= 11 is 0. The first-order valence-electron chi connectivity index (χ1n) is 7.93. The molecule has 0 saturated carbocycles. The first-order chi connectivity index (χ1) is 11.4. The Bertz CT molecular complexity index is 872. The van der Waals surface area contributed by atoms with Crippen molar-refractivity contribution in [2.24, 2.45) is 14.1 Å². The molecule has 1 fully saturated rings. The monoisotopic (exact) mass is 330 g/mol. The molecule has 3 rings (SSSR count). The predicted molar refractivity (Wildman–Crippen MR) is 92.7 cm³/mol. The Balaban J connectivity index is 1.84. The highest BCUT2D eigenvalue weighted by Crippen LogP contribution is 2.22. The molecule has 0 N–H and O–H groups in total. The van der Waals surface area contributed by atoms with Crippen molar-refractivity contribution in [3.8, 4) is 0 Å². The molecule has 1 aliphatic rings. The van der Waals surface area contributed by atoms with Crippen LogP contribution >= 0.6 is 0 Å². The second-order valence-corrected chi connectivity index (χ2v) is 6.24. The maximum atomic E-state index is 12.1. The van der Waals surface area contributed by atoms with Gasteiger partial charge in [-0.1, -0.05) is 0 Å². The lowest BCUT2D eigenvalue weighted by atomic mass is 10.2. The van der Waals surface area contributed by atoms with Crippen LogP contribution in [0.2, 0.25) is 0 Å². The molecule has 3 heterocycles. The number of hydrogen-bond donors (Lipinski definition) is 0. The minimum absolute atomic E-state index is 0.228. The van der Waals surface area contributed by atoms with Crippen LogP contribution in [-0.4, -0.2) is 45.3 Å². The van der Waals surface area contributed by atoms with E-state index in [-0.39, 0.29) is 17.3 Å². The lowest BCUT2D eigenvalue weighted by Crippen LogP contribution is -2.41. The summed E-state index contributed by atoms with van der Waals surface area (Å²) in [6.07, 6.45) is 2.67. The summed E-state index contributed by atoms with van der Waals surface area (Å²) in [5.41, 5.74) is 0.332. The summed E-state index contributed by atoms with van der Waals surface area (Å²) in [6.45, 7) is 3.44. The van der Waals surface area contributed by atoms with E-state index in [1.807, 2.05) is 20.0 Å². The summed E-state index contributed by atoms with van der Waals surface area (Å²) < 4.78 is 2.64. The van der Waals surface area contributed by atoms with Gasteiger partial charge in [0.2, 0.25) is 5.95 Å². The second kappa shape index (κ2) is 6.10. The van der Waals surface area contributed by atoms with Crippen LogP contribution in [0, 0.1) is 6.92 Å². The van der Waals surface area contributed by atoms with Gasteiger partial charge in [-0.15, -0.1) is 0 Å². The fourth-order valence-electron chi connectivity index (χ4n) is 3.06. The molecule has 0 aliphatic carbocycles. The highest BCUT2D eigenvalue weighted by Gasteiger charge is 2.29. The number of nitrogens with zero attached hydrogens (tertiary/aromatic N) is 6. The normalized spacial score (nSPS) is 17.3. The molecule has 0 spiro atoms. The van der Waals surface area contributed by atoms with E-state index in [0.29, 0.717) is 18.3 Å². The van der Waals surface area contributed by atoms with Gasteiger partial charge in [0.25, 0.3) is 5.56 Å². The van der Waals surface area contributed by atoms with E-state index in [0.717, 1.165) is 23.2 Å². The van der Waals surface area contributed by atoms with Crippen LogP contribution in [-0.2, 0) is 14.1 Å². The van der Waals surface area contributed by atoms with Crippen LogP contribution in [0.15, 0.2) is 27.9 Å². The fourth-order valence-corrected chi connectivity index (χ4v) is 3.06. The molecule has 1 saturated heterocycles. The third kappa shape index (κ3) is 2.79. The largest absolute Gasteiger partial charge is 0.356 e. The van der Waals surface area contributed by atoms with Crippen LogP contribution in [0.25, 0.3) is 0 Å². The molecule has 2 aromatic rings. The fraction of sp³-hybridized carbons (Fsp3) is 0.500. The molecule has 0 aromatic carbocycles. The van der Waals surface area contributed by atoms with Crippen molar-refractivity contribution < 1.29 is 0 Å². The van der Waals surface area contributed by atoms with Crippen LogP contribution in [0.4, 0.5) is 11.8 Å². The van der Waals surface area contributed by atoms with Crippen molar-refractivity contribution >= 4 is 11.8 Å². The van der Waals surface area contributed by atoms with E-state index in [9.17, 15) is 9.59 Å². The number of rotatable bonds is 3. The van der Waals surface area contributed by atoms with E-state index in [1.165, 1.54) is 17.7 Å². The molecule has 8 heteroatoms. The third-order valence-electron chi connectivity index (χ3n) is 4.63. The highest BCUT2D eigenvalue weighted by molar-refractivity contribution is 5.42. The molecule has 0 amide bonds. The number of aromatic nitrogens is 4. The Kier molecular flexibility index (Phi) is 4.13. The van der Waals surface area contributed by atoms with Crippen LogP contribution in [0.3, 0.4) is 0 Å². The van der Waals surface area contributed by atoms with E-state index in [4.69, 9.17) is 0 Å². The number of aryl methyl sites for hydroxylation is 1. The van der Waals surface area contributed by atoms with Gasteiger partial charge in [0, 0.05) is 52.2 Å². The van der Waals surface area contributed by atoms with Gasteiger partial charge in [0.1, 0.15) is 5.82 Å². The van der Waals surface area contributed by atoms with Gasteiger partial charge in [0.15, 0.2) is 0 Å². The van der Waals surface area contributed by atoms with Gasteiger partial charge in [-0.3, -0.25) is 13.9 Å². The Morgan fingerprint density at radius 2 is 2.00 bits per heavy atom. The number of likely N-dealkylation sites (N-methyl/N-ethyl adjacent to an activating group) is 1. The van der Waals surface area contributed by atoms with E-state index >= 15 is 0 Å². The minimum Gasteiger partial charge on any atom is -0.356 e. The van der Waals surface area contributed by atoms with E-state index < -0.39 is 0 Å². The van der Waals surface area contributed by atoms with Gasteiger partial charge in [-0.2, -0.15) is 0 Å². The number of hydrogen-bond acceptors (Lipinski definition) is 6. The summed E-state index contributed by atoms with van der Waals surface area (Å²) in [5, 5.41) is 0. The van der Waals surface area contributed by atoms with Gasteiger partial charge < -0.3 is 9.80 Å². The highest BCUT2D eigenvalue weighted by atomic mass is 16.2. The smallest absolute Gasteiger partial charge is 0.332 e. The van der Waals surface area contributed by atoms with Crippen molar-refractivity contribution in [1.82, 2.24) is 19.1 Å². The van der Waals surface area contributed by atoms with Crippen molar-refractivity contribution in [1.29, 1.82) is 0 Å². The molecule has 24 heavy (non-hydrogen) atoms. The van der Waals surface area contributed by atoms with Crippen molar-refractivity contribution in [2.75, 3.05) is 29.9 Å². The van der Waals surface area contributed by atoms with E-state index in [2.05, 4.69) is 19.8 Å². The molecule has 1 atom stereocenters. The van der Waals surface area contributed by atoms with E-state index in [1.54, 1.807) is 13.2 Å². The molecule has 0 radical (unpaired) electrons. The lowest BCUT2D eigenvalue weighted by Gasteiger charge is -2.26. The third-order valence-corrected chi connectivity index (χ3v) is 4.63.